The molecule has 0 amide bonds. The molecule has 0 saturated carbocycles. The SMILES string of the molecule is C=CCc1ccc(C2CC=C(c3ccc(F)cc3)CC2)cc1. The Morgan fingerprint density at radius 1 is 1.05 bits per heavy atom. The minimum atomic E-state index is -0.169. The Morgan fingerprint density at radius 2 is 1.77 bits per heavy atom. The lowest BCUT2D eigenvalue weighted by atomic mass is 9.82. The van der Waals surface area contributed by atoms with Crippen molar-refractivity contribution in [1.29, 1.82) is 0 Å². The molecule has 0 fully saturated rings. The number of hydrogen-bond acceptors (Lipinski definition) is 0. The fraction of sp³-hybridized carbons (Fsp3) is 0.238. The molecule has 0 spiro atoms. The average molecular weight is 292 g/mol. The van der Waals surface area contributed by atoms with Gasteiger partial charge in [0, 0.05) is 0 Å². The van der Waals surface area contributed by atoms with Crippen molar-refractivity contribution < 1.29 is 4.39 Å². The number of rotatable bonds is 4. The molecule has 0 bridgehead atoms. The van der Waals surface area contributed by atoms with E-state index in [4.69, 9.17) is 0 Å². The Balaban J connectivity index is 1.69. The van der Waals surface area contributed by atoms with Gasteiger partial charge in [-0.1, -0.05) is 48.6 Å². The van der Waals surface area contributed by atoms with Crippen molar-refractivity contribution in [2.45, 2.75) is 31.6 Å². The molecule has 0 radical (unpaired) electrons. The minimum Gasteiger partial charge on any atom is -0.207 e. The Labute approximate surface area is 132 Å². The molecule has 1 heteroatoms. The molecule has 1 aliphatic rings. The Morgan fingerprint density at radius 3 is 2.36 bits per heavy atom. The first kappa shape index (κ1) is 14.8. The molecule has 0 saturated heterocycles. The molecular formula is C21H21F. The van der Waals surface area contributed by atoms with Gasteiger partial charge in [-0.15, -0.1) is 6.58 Å². The van der Waals surface area contributed by atoms with Gasteiger partial charge in [0.25, 0.3) is 0 Å². The van der Waals surface area contributed by atoms with Crippen LogP contribution >= 0.6 is 0 Å². The van der Waals surface area contributed by atoms with Crippen LogP contribution in [0.15, 0.2) is 67.3 Å². The molecule has 3 rings (SSSR count). The number of hydrogen-bond donors (Lipinski definition) is 0. The molecule has 0 N–H and O–H groups in total. The quantitative estimate of drug-likeness (QED) is 0.615. The van der Waals surface area contributed by atoms with Crippen LogP contribution in [-0.2, 0) is 6.42 Å². The number of halogens is 1. The summed E-state index contributed by atoms with van der Waals surface area (Å²) in [6.07, 6.45) is 8.47. The zero-order chi connectivity index (χ0) is 15.4. The van der Waals surface area contributed by atoms with Gasteiger partial charge in [0.1, 0.15) is 5.82 Å². The van der Waals surface area contributed by atoms with Gasteiger partial charge in [-0.05, 0) is 66.0 Å². The van der Waals surface area contributed by atoms with Crippen LogP contribution in [0, 0.1) is 5.82 Å². The van der Waals surface area contributed by atoms with Gasteiger partial charge in [0.05, 0.1) is 0 Å². The van der Waals surface area contributed by atoms with Crippen LogP contribution in [0.3, 0.4) is 0 Å². The van der Waals surface area contributed by atoms with E-state index in [0.717, 1.165) is 31.2 Å². The molecule has 0 nitrogen and oxygen atoms in total. The lowest BCUT2D eigenvalue weighted by Crippen LogP contribution is -2.04. The fourth-order valence-corrected chi connectivity index (χ4v) is 3.16. The van der Waals surface area contributed by atoms with Gasteiger partial charge < -0.3 is 0 Å². The van der Waals surface area contributed by atoms with Gasteiger partial charge in [0.2, 0.25) is 0 Å². The lowest BCUT2D eigenvalue weighted by Gasteiger charge is -2.22. The van der Waals surface area contributed by atoms with Crippen molar-refractivity contribution >= 4 is 5.57 Å². The molecule has 112 valence electrons. The summed E-state index contributed by atoms with van der Waals surface area (Å²) in [7, 11) is 0. The Kier molecular flexibility index (Phi) is 4.53. The highest BCUT2D eigenvalue weighted by molar-refractivity contribution is 5.66. The third-order valence-electron chi connectivity index (χ3n) is 4.46. The minimum absolute atomic E-state index is 0.169. The van der Waals surface area contributed by atoms with E-state index in [-0.39, 0.29) is 5.82 Å². The highest BCUT2D eigenvalue weighted by Crippen LogP contribution is 2.36. The predicted octanol–water partition coefficient (Wildman–Crippen LogP) is 5.91. The third kappa shape index (κ3) is 3.36. The third-order valence-corrected chi connectivity index (χ3v) is 4.46. The zero-order valence-corrected chi connectivity index (χ0v) is 12.8. The van der Waals surface area contributed by atoms with Crippen molar-refractivity contribution in [3.8, 4) is 0 Å². The van der Waals surface area contributed by atoms with Gasteiger partial charge in [0.15, 0.2) is 0 Å². The molecule has 0 aromatic heterocycles. The van der Waals surface area contributed by atoms with Gasteiger partial charge in [-0.25, -0.2) is 4.39 Å². The van der Waals surface area contributed by atoms with Crippen LogP contribution < -0.4 is 0 Å². The highest BCUT2D eigenvalue weighted by atomic mass is 19.1. The van der Waals surface area contributed by atoms with E-state index in [0.29, 0.717) is 5.92 Å². The molecule has 22 heavy (non-hydrogen) atoms. The first-order valence-electron chi connectivity index (χ1n) is 7.91. The molecule has 0 heterocycles. The second-order valence-corrected chi connectivity index (χ2v) is 5.94. The highest BCUT2D eigenvalue weighted by Gasteiger charge is 2.17. The van der Waals surface area contributed by atoms with E-state index >= 15 is 0 Å². The van der Waals surface area contributed by atoms with Gasteiger partial charge >= 0.3 is 0 Å². The monoisotopic (exact) mass is 292 g/mol. The second-order valence-electron chi connectivity index (χ2n) is 5.94. The van der Waals surface area contributed by atoms with Crippen molar-refractivity contribution in [2.24, 2.45) is 0 Å². The van der Waals surface area contributed by atoms with E-state index in [1.165, 1.54) is 16.7 Å². The van der Waals surface area contributed by atoms with Gasteiger partial charge in [-0.2, -0.15) is 0 Å². The van der Waals surface area contributed by atoms with Crippen LogP contribution in [-0.4, -0.2) is 0 Å². The zero-order valence-electron chi connectivity index (χ0n) is 12.8. The molecule has 2 aromatic rings. The van der Waals surface area contributed by atoms with Crippen molar-refractivity contribution in [2.75, 3.05) is 0 Å². The molecule has 0 aliphatic heterocycles. The standard InChI is InChI=1S/C21H21F/c1-2-3-16-4-6-17(7-5-16)18-8-10-19(11-9-18)20-12-14-21(22)15-13-20/h2,4-7,10,12-15,18H,1,3,8-9,11H2. The second kappa shape index (κ2) is 6.74. The number of benzene rings is 2. The molecule has 1 unspecified atom stereocenters. The fourth-order valence-electron chi connectivity index (χ4n) is 3.16. The molecule has 2 aromatic carbocycles. The van der Waals surface area contributed by atoms with E-state index < -0.39 is 0 Å². The van der Waals surface area contributed by atoms with E-state index in [2.05, 4.69) is 36.9 Å². The van der Waals surface area contributed by atoms with Crippen molar-refractivity contribution in [3.63, 3.8) is 0 Å². The average Bonchev–Trinajstić information content (AvgIpc) is 2.57. The maximum Gasteiger partial charge on any atom is 0.123 e. The van der Waals surface area contributed by atoms with E-state index in [9.17, 15) is 4.39 Å². The summed E-state index contributed by atoms with van der Waals surface area (Å²) < 4.78 is 13.0. The van der Waals surface area contributed by atoms with Crippen LogP contribution in [0.25, 0.3) is 5.57 Å². The largest absolute Gasteiger partial charge is 0.207 e. The summed E-state index contributed by atoms with van der Waals surface area (Å²) >= 11 is 0. The van der Waals surface area contributed by atoms with Crippen LogP contribution in [0.4, 0.5) is 4.39 Å². The maximum atomic E-state index is 13.0. The summed E-state index contributed by atoms with van der Waals surface area (Å²) in [5.74, 6) is 0.430. The molecule has 1 aliphatic carbocycles. The van der Waals surface area contributed by atoms with Crippen LogP contribution in [0.1, 0.15) is 41.9 Å². The summed E-state index contributed by atoms with van der Waals surface area (Å²) in [6, 6.07) is 15.8. The Bertz CT molecular complexity index is 662. The molecular weight excluding hydrogens is 271 g/mol. The van der Waals surface area contributed by atoms with Crippen molar-refractivity contribution in [3.05, 3.63) is 89.8 Å². The predicted molar refractivity (Wildman–Crippen MR) is 91.3 cm³/mol. The van der Waals surface area contributed by atoms with E-state index in [1.54, 1.807) is 12.1 Å². The van der Waals surface area contributed by atoms with E-state index in [1.807, 2.05) is 18.2 Å². The smallest absolute Gasteiger partial charge is 0.123 e. The summed E-state index contributed by atoms with van der Waals surface area (Å²) in [5.41, 5.74) is 5.24. The first-order valence-corrected chi connectivity index (χ1v) is 7.91. The number of allylic oxidation sites excluding steroid dienone is 3. The van der Waals surface area contributed by atoms with Gasteiger partial charge in [-0.3, -0.25) is 0 Å². The summed E-state index contributed by atoms with van der Waals surface area (Å²) in [4.78, 5) is 0. The Hall–Kier alpha value is -2.15. The van der Waals surface area contributed by atoms with Crippen LogP contribution in [0.5, 0.6) is 0 Å². The topological polar surface area (TPSA) is 0 Å². The van der Waals surface area contributed by atoms with Crippen LogP contribution in [0.2, 0.25) is 0 Å². The molecule has 1 atom stereocenters. The maximum absolute atomic E-state index is 13.0. The van der Waals surface area contributed by atoms with Crippen molar-refractivity contribution in [1.82, 2.24) is 0 Å². The summed E-state index contributed by atoms with van der Waals surface area (Å²) in [5, 5.41) is 0. The lowest BCUT2D eigenvalue weighted by molar-refractivity contribution is 0.622. The first-order chi connectivity index (χ1) is 10.8. The normalized spacial score (nSPS) is 17.9. The summed E-state index contributed by atoms with van der Waals surface area (Å²) in [6.45, 7) is 3.78.